The van der Waals surface area contributed by atoms with Gasteiger partial charge in [0.2, 0.25) is 0 Å². The average Bonchev–Trinajstić information content (AvgIpc) is 2.99. The summed E-state index contributed by atoms with van der Waals surface area (Å²) in [7, 11) is 0. The van der Waals surface area contributed by atoms with Crippen LogP contribution in [0.5, 0.6) is 0 Å². The molecular formula is C23H40N6. The standard InChI is InChI=1S/C15H25N3.C8H15N3/c1-9(2)15-11-5-7-13-14(8-6-12(11)15)18(10(3)4)17-16-13;1-6(2)8-5-11(7(3)4)10-9-8/h9-12,15H,5-8H2,1-4H3;5-7H,1-4H3. The summed E-state index contributed by atoms with van der Waals surface area (Å²) >= 11 is 0. The number of aromatic nitrogens is 6. The second kappa shape index (κ2) is 8.97. The van der Waals surface area contributed by atoms with Gasteiger partial charge in [-0.3, -0.25) is 0 Å². The average molecular weight is 401 g/mol. The van der Waals surface area contributed by atoms with Crippen molar-refractivity contribution in [1.82, 2.24) is 30.0 Å². The van der Waals surface area contributed by atoms with Crippen LogP contribution >= 0.6 is 0 Å². The lowest BCUT2D eigenvalue weighted by atomic mass is 10.0. The van der Waals surface area contributed by atoms with E-state index >= 15 is 0 Å². The van der Waals surface area contributed by atoms with Crippen LogP contribution in [0.2, 0.25) is 0 Å². The Balaban J connectivity index is 0.000000188. The zero-order valence-electron chi connectivity index (χ0n) is 19.6. The highest BCUT2D eigenvalue weighted by atomic mass is 15.4. The molecule has 3 unspecified atom stereocenters. The Morgan fingerprint density at radius 3 is 1.97 bits per heavy atom. The van der Waals surface area contributed by atoms with Crippen molar-refractivity contribution < 1.29 is 0 Å². The van der Waals surface area contributed by atoms with Crippen LogP contribution in [0.25, 0.3) is 0 Å². The summed E-state index contributed by atoms with van der Waals surface area (Å²) in [6, 6.07) is 0.853. The largest absolute Gasteiger partial charge is 0.250 e. The number of rotatable bonds is 4. The summed E-state index contributed by atoms with van der Waals surface area (Å²) in [6.07, 6.45) is 7.02. The van der Waals surface area contributed by atoms with Crippen LogP contribution in [0.3, 0.4) is 0 Å². The van der Waals surface area contributed by atoms with Crippen LogP contribution < -0.4 is 0 Å². The molecule has 0 radical (unpaired) electrons. The fourth-order valence-electron chi connectivity index (χ4n) is 4.90. The predicted octanol–water partition coefficient (Wildman–Crippen LogP) is 5.24. The Labute approximate surface area is 176 Å². The van der Waals surface area contributed by atoms with Gasteiger partial charge in [0.15, 0.2) is 0 Å². The highest BCUT2D eigenvalue weighted by Gasteiger charge is 2.50. The lowest BCUT2D eigenvalue weighted by molar-refractivity contribution is 0.472. The van der Waals surface area contributed by atoms with Crippen LogP contribution in [0.15, 0.2) is 6.20 Å². The normalized spacial score (nSPS) is 23.5. The van der Waals surface area contributed by atoms with Gasteiger partial charge < -0.3 is 0 Å². The van der Waals surface area contributed by atoms with Gasteiger partial charge in [-0.05, 0) is 83.0 Å². The monoisotopic (exact) mass is 400 g/mol. The van der Waals surface area contributed by atoms with Crippen molar-refractivity contribution in [2.45, 2.75) is 99.1 Å². The third kappa shape index (κ3) is 4.89. The van der Waals surface area contributed by atoms with Gasteiger partial charge in [-0.2, -0.15) is 0 Å². The summed E-state index contributed by atoms with van der Waals surface area (Å²) in [4.78, 5) is 0. The highest BCUT2D eigenvalue weighted by molar-refractivity contribution is 5.16. The number of nitrogens with zero attached hydrogens (tertiary/aromatic N) is 6. The minimum atomic E-state index is 0.412. The molecule has 0 N–H and O–H groups in total. The Kier molecular flexibility index (Phi) is 6.79. The first-order chi connectivity index (χ1) is 13.7. The molecule has 2 heterocycles. The van der Waals surface area contributed by atoms with Gasteiger partial charge in [-0.25, -0.2) is 9.36 Å². The maximum atomic E-state index is 4.42. The first-order valence-corrected chi connectivity index (χ1v) is 11.5. The molecule has 0 aliphatic heterocycles. The SMILES string of the molecule is CC(C)C1C2CCc3nnn(C(C)C)c3CCC21.CC(C)c1cn(C(C)C)nn1. The second-order valence-corrected chi connectivity index (χ2v) is 10.1. The molecule has 4 rings (SSSR count). The van der Waals surface area contributed by atoms with E-state index in [1.54, 1.807) is 0 Å². The third-order valence-electron chi connectivity index (χ3n) is 6.61. The van der Waals surface area contributed by atoms with Gasteiger partial charge in [-0.1, -0.05) is 38.1 Å². The second-order valence-electron chi connectivity index (χ2n) is 10.1. The van der Waals surface area contributed by atoms with Crippen molar-refractivity contribution in [2.75, 3.05) is 0 Å². The zero-order chi connectivity index (χ0) is 21.3. The molecule has 0 aromatic carbocycles. The number of fused-ring (bicyclic) bond motifs is 2. The molecule has 0 saturated heterocycles. The van der Waals surface area contributed by atoms with Gasteiger partial charge in [0, 0.05) is 18.3 Å². The summed E-state index contributed by atoms with van der Waals surface area (Å²) in [5, 5.41) is 16.8. The molecular weight excluding hydrogens is 360 g/mol. The van der Waals surface area contributed by atoms with Gasteiger partial charge in [0.25, 0.3) is 0 Å². The molecule has 0 bridgehead atoms. The van der Waals surface area contributed by atoms with Crippen molar-refractivity contribution in [1.29, 1.82) is 0 Å². The molecule has 2 aromatic heterocycles. The topological polar surface area (TPSA) is 61.4 Å². The van der Waals surface area contributed by atoms with Crippen LogP contribution in [0.4, 0.5) is 0 Å². The Morgan fingerprint density at radius 2 is 1.48 bits per heavy atom. The van der Waals surface area contributed by atoms with Crippen LogP contribution in [-0.4, -0.2) is 30.0 Å². The third-order valence-corrected chi connectivity index (χ3v) is 6.61. The van der Waals surface area contributed by atoms with Gasteiger partial charge in [0.1, 0.15) is 0 Å². The Hall–Kier alpha value is -1.72. The van der Waals surface area contributed by atoms with Crippen molar-refractivity contribution >= 4 is 0 Å². The molecule has 162 valence electrons. The minimum Gasteiger partial charge on any atom is -0.250 e. The number of aryl methyl sites for hydroxylation is 1. The maximum Gasteiger partial charge on any atom is 0.0859 e. The summed E-state index contributed by atoms with van der Waals surface area (Å²) in [5.74, 6) is 4.27. The van der Waals surface area contributed by atoms with E-state index in [2.05, 4.69) is 80.7 Å². The van der Waals surface area contributed by atoms with Crippen LogP contribution in [-0.2, 0) is 12.8 Å². The molecule has 2 aliphatic rings. The van der Waals surface area contributed by atoms with Crippen LogP contribution in [0, 0.1) is 23.7 Å². The molecule has 1 saturated carbocycles. The fraction of sp³-hybridized carbons (Fsp3) is 0.826. The first kappa shape index (κ1) is 22.0. The Morgan fingerprint density at radius 1 is 0.828 bits per heavy atom. The van der Waals surface area contributed by atoms with E-state index in [1.807, 2.05) is 10.9 Å². The van der Waals surface area contributed by atoms with Gasteiger partial charge >= 0.3 is 0 Å². The summed E-state index contributed by atoms with van der Waals surface area (Å²) < 4.78 is 4.03. The highest BCUT2D eigenvalue weighted by Crippen LogP contribution is 2.56. The van der Waals surface area contributed by atoms with E-state index < -0.39 is 0 Å². The molecule has 0 spiro atoms. The lowest BCUT2D eigenvalue weighted by Crippen LogP contribution is -2.10. The van der Waals surface area contributed by atoms with Crippen molar-refractivity contribution in [2.24, 2.45) is 23.7 Å². The van der Waals surface area contributed by atoms with E-state index in [9.17, 15) is 0 Å². The Bertz CT molecular complexity index is 763. The van der Waals surface area contributed by atoms with E-state index in [0.717, 1.165) is 35.8 Å². The molecule has 2 aliphatic carbocycles. The van der Waals surface area contributed by atoms with Crippen molar-refractivity contribution in [3.63, 3.8) is 0 Å². The van der Waals surface area contributed by atoms with E-state index in [0.29, 0.717) is 18.0 Å². The maximum absolute atomic E-state index is 4.42. The number of hydrogen-bond donors (Lipinski definition) is 0. The van der Waals surface area contributed by atoms with Gasteiger partial charge in [0.05, 0.1) is 17.1 Å². The fourth-order valence-corrected chi connectivity index (χ4v) is 4.90. The summed E-state index contributed by atoms with van der Waals surface area (Å²) in [5.41, 5.74) is 3.76. The van der Waals surface area contributed by atoms with E-state index in [4.69, 9.17) is 0 Å². The predicted molar refractivity (Wildman–Crippen MR) is 117 cm³/mol. The summed E-state index contributed by atoms with van der Waals surface area (Å²) in [6.45, 7) is 17.6. The van der Waals surface area contributed by atoms with Crippen LogP contribution in [0.1, 0.15) is 103 Å². The molecule has 0 amide bonds. The molecule has 3 atom stereocenters. The van der Waals surface area contributed by atoms with E-state index in [1.165, 1.54) is 30.7 Å². The first-order valence-electron chi connectivity index (χ1n) is 11.5. The molecule has 2 aromatic rings. The lowest BCUT2D eigenvalue weighted by Gasteiger charge is -2.12. The minimum absolute atomic E-state index is 0.412. The van der Waals surface area contributed by atoms with Crippen molar-refractivity contribution in [3.05, 3.63) is 23.3 Å². The van der Waals surface area contributed by atoms with E-state index in [-0.39, 0.29) is 0 Å². The smallest absolute Gasteiger partial charge is 0.0859 e. The molecule has 6 nitrogen and oxygen atoms in total. The quantitative estimate of drug-likeness (QED) is 0.704. The molecule has 6 heteroatoms. The molecule has 1 fully saturated rings. The number of hydrogen-bond acceptors (Lipinski definition) is 4. The van der Waals surface area contributed by atoms with Crippen molar-refractivity contribution in [3.8, 4) is 0 Å². The zero-order valence-corrected chi connectivity index (χ0v) is 19.6. The van der Waals surface area contributed by atoms with Gasteiger partial charge in [-0.15, -0.1) is 10.2 Å². The molecule has 29 heavy (non-hydrogen) atoms.